The molecule has 8 nitrogen and oxygen atoms in total. The van der Waals surface area contributed by atoms with Crippen molar-refractivity contribution in [2.45, 2.75) is 33.2 Å². The second kappa shape index (κ2) is 13.4. The Balaban J connectivity index is 0.00000172. The highest BCUT2D eigenvalue weighted by molar-refractivity contribution is 5.60. The minimum absolute atomic E-state index is 0.146. The molecule has 0 aliphatic carbocycles. The van der Waals surface area contributed by atoms with E-state index in [-0.39, 0.29) is 6.54 Å². The van der Waals surface area contributed by atoms with E-state index in [1.807, 2.05) is 44.2 Å². The number of aromatic nitrogens is 4. The zero-order valence-corrected chi connectivity index (χ0v) is 22.1. The molecule has 1 saturated heterocycles. The Morgan fingerprint density at radius 2 is 1.85 bits per heavy atom. The van der Waals surface area contributed by atoms with E-state index in [2.05, 4.69) is 20.3 Å². The predicted molar refractivity (Wildman–Crippen MR) is 148 cm³/mol. The van der Waals surface area contributed by atoms with Gasteiger partial charge in [-0.2, -0.15) is 5.26 Å². The quantitative estimate of drug-likeness (QED) is 0.368. The molecule has 0 amide bonds. The van der Waals surface area contributed by atoms with Gasteiger partial charge in [0.15, 0.2) is 17.4 Å². The number of rotatable bonds is 7. The van der Waals surface area contributed by atoms with Crippen LogP contribution in [0.15, 0.2) is 72.0 Å². The van der Waals surface area contributed by atoms with Crippen molar-refractivity contribution in [2.75, 3.05) is 19.7 Å². The van der Waals surface area contributed by atoms with Gasteiger partial charge in [-0.3, -0.25) is 9.78 Å². The van der Waals surface area contributed by atoms with Crippen LogP contribution >= 0.6 is 0 Å². The zero-order valence-electron chi connectivity index (χ0n) is 22.1. The van der Waals surface area contributed by atoms with E-state index in [1.54, 1.807) is 30.7 Å². The van der Waals surface area contributed by atoms with Crippen molar-refractivity contribution in [1.29, 1.82) is 5.26 Å². The summed E-state index contributed by atoms with van der Waals surface area (Å²) in [6.45, 7) is 6.84. The SMILES string of the molecule is CC.N#Cc1ccnc(-c2cc(F)c(=O)n(Cc3cccc(-c4ncc(OCC5CCNCC5)cn4)c3)c2)c1. The van der Waals surface area contributed by atoms with E-state index in [4.69, 9.17) is 10.00 Å². The van der Waals surface area contributed by atoms with Crippen molar-refractivity contribution in [3.8, 4) is 34.5 Å². The topological polar surface area (TPSA) is 106 Å². The Hall–Kier alpha value is -4.42. The molecule has 3 aromatic heterocycles. The van der Waals surface area contributed by atoms with Crippen molar-refractivity contribution in [1.82, 2.24) is 24.8 Å². The molecule has 0 atom stereocenters. The summed E-state index contributed by atoms with van der Waals surface area (Å²) >= 11 is 0. The fourth-order valence-corrected chi connectivity index (χ4v) is 4.32. The van der Waals surface area contributed by atoms with E-state index in [9.17, 15) is 9.18 Å². The maximum absolute atomic E-state index is 14.5. The van der Waals surface area contributed by atoms with E-state index in [0.29, 0.717) is 40.9 Å². The Bertz CT molecular complexity index is 1490. The van der Waals surface area contributed by atoms with Crippen LogP contribution in [0.3, 0.4) is 0 Å². The van der Waals surface area contributed by atoms with Gasteiger partial charge in [0.1, 0.15) is 0 Å². The Morgan fingerprint density at radius 1 is 1.08 bits per heavy atom. The molecule has 200 valence electrons. The third-order valence-electron chi connectivity index (χ3n) is 6.34. The summed E-state index contributed by atoms with van der Waals surface area (Å²) in [6.07, 6.45) is 8.57. The molecule has 0 spiro atoms. The van der Waals surface area contributed by atoms with Gasteiger partial charge in [0.25, 0.3) is 5.56 Å². The largest absolute Gasteiger partial charge is 0.490 e. The first-order chi connectivity index (χ1) is 19.1. The first-order valence-electron chi connectivity index (χ1n) is 13.1. The van der Waals surface area contributed by atoms with Crippen molar-refractivity contribution >= 4 is 0 Å². The minimum atomic E-state index is -0.888. The first-order valence-corrected chi connectivity index (χ1v) is 13.1. The molecule has 4 heterocycles. The number of nitrogens with one attached hydrogen (secondary N) is 1. The molecule has 0 saturated carbocycles. The average Bonchev–Trinajstić information content (AvgIpc) is 3.00. The predicted octanol–water partition coefficient (Wildman–Crippen LogP) is 4.83. The second-order valence-electron chi connectivity index (χ2n) is 9.00. The van der Waals surface area contributed by atoms with Gasteiger partial charge in [-0.15, -0.1) is 0 Å². The standard InChI is InChI=1S/C28H25FN6O2.C2H6/c29-25-12-23(26-11-20(13-30)6-9-32-26)17-35(28(25)36)16-21-2-1-3-22(10-21)27-33-14-24(15-34-27)37-18-19-4-7-31-8-5-19;1-2/h1-3,6,9-12,14-15,17,19,31H,4-5,7-8,16,18H2;1-2H3. The summed E-state index contributed by atoms with van der Waals surface area (Å²) in [5.41, 5.74) is 2.04. The van der Waals surface area contributed by atoms with Crippen LogP contribution in [-0.2, 0) is 6.54 Å². The molecule has 0 unspecified atom stereocenters. The van der Waals surface area contributed by atoms with E-state index < -0.39 is 11.4 Å². The van der Waals surface area contributed by atoms with Crippen molar-refractivity contribution in [3.63, 3.8) is 0 Å². The maximum Gasteiger partial charge on any atom is 0.286 e. The Kier molecular flexibility index (Phi) is 9.48. The molecule has 0 bridgehead atoms. The third kappa shape index (κ3) is 7.12. The molecule has 1 aliphatic heterocycles. The fourth-order valence-electron chi connectivity index (χ4n) is 4.32. The normalized spacial score (nSPS) is 13.2. The summed E-state index contributed by atoms with van der Waals surface area (Å²) in [7, 11) is 0. The van der Waals surface area contributed by atoms with Crippen molar-refractivity contribution in [3.05, 3.63) is 94.5 Å². The van der Waals surface area contributed by atoms with Gasteiger partial charge in [0, 0.05) is 23.5 Å². The molecule has 1 N–H and O–H groups in total. The second-order valence-corrected chi connectivity index (χ2v) is 9.00. The summed E-state index contributed by atoms with van der Waals surface area (Å²) < 4.78 is 21.7. The summed E-state index contributed by atoms with van der Waals surface area (Å²) in [5.74, 6) is 0.809. The van der Waals surface area contributed by atoms with Gasteiger partial charge in [-0.05, 0) is 61.7 Å². The minimum Gasteiger partial charge on any atom is -0.490 e. The number of nitrogens with zero attached hydrogens (tertiary/aromatic N) is 5. The third-order valence-corrected chi connectivity index (χ3v) is 6.34. The number of hydrogen-bond acceptors (Lipinski definition) is 7. The lowest BCUT2D eigenvalue weighted by Gasteiger charge is -2.22. The molecule has 4 aromatic rings. The molecule has 0 radical (unpaired) electrons. The number of piperidine rings is 1. The van der Waals surface area contributed by atoms with E-state index in [0.717, 1.165) is 43.1 Å². The molecular weight excluding hydrogens is 495 g/mol. The molecular formula is C30H31FN6O2. The summed E-state index contributed by atoms with van der Waals surface area (Å²) in [5, 5.41) is 12.5. The maximum atomic E-state index is 14.5. The Morgan fingerprint density at radius 3 is 2.59 bits per heavy atom. The lowest BCUT2D eigenvalue weighted by atomic mass is 9.99. The Labute approximate surface area is 227 Å². The smallest absolute Gasteiger partial charge is 0.286 e. The van der Waals surface area contributed by atoms with Crippen LogP contribution in [-0.4, -0.2) is 39.2 Å². The molecule has 9 heteroatoms. The number of ether oxygens (including phenoxy) is 1. The highest BCUT2D eigenvalue weighted by Gasteiger charge is 2.14. The van der Waals surface area contributed by atoms with Gasteiger partial charge in [-0.1, -0.05) is 32.0 Å². The number of halogens is 1. The van der Waals surface area contributed by atoms with Gasteiger partial charge in [-0.25, -0.2) is 14.4 Å². The monoisotopic (exact) mass is 526 g/mol. The van der Waals surface area contributed by atoms with Gasteiger partial charge in [0.2, 0.25) is 0 Å². The highest BCUT2D eigenvalue weighted by atomic mass is 19.1. The van der Waals surface area contributed by atoms with Crippen molar-refractivity contribution < 1.29 is 9.13 Å². The molecule has 39 heavy (non-hydrogen) atoms. The van der Waals surface area contributed by atoms with E-state index in [1.165, 1.54) is 10.8 Å². The van der Waals surface area contributed by atoms with Crippen LogP contribution in [0.25, 0.3) is 22.6 Å². The van der Waals surface area contributed by atoms with Crippen LogP contribution in [0.5, 0.6) is 5.75 Å². The lowest BCUT2D eigenvalue weighted by molar-refractivity contribution is 0.214. The van der Waals surface area contributed by atoms with Crippen LogP contribution in [0, 0.1) is 23.1 Å². The van der Waals surface area contributed by atoms with Gasteiger partial charge < -0.3 is 14.6 Å². The molecule has 1 fully saturated rings. The number of pyridine rings is 2. The van der Waals surface area contributed by atoms with Crippen LogP contribution < -0.4 is 15.6 Å². The highest BCUT2D eigenvalue weighted by Crippen LogP contribution is 2.21. The molecule has 1 aliphatic rings. The number of nitriles is 1. The van der Waals surface area contributed by atoms with Crippen LogP contribution in [0.1, 0.15) is 37.8 Å². The van der Waals surface area contributed by atoms with E-state index >= 15 is 0 Å². The summed E-state index contributed by atoms with van der Waals surface area (Å²) in [4.78, 5) is 25.6. The summed E-state index contributed by atoms with van der Waals surface area (Å²) in [6, 6.07) is 13.8. The fraction of sp³-hybridized carbons (Fsp3) is 0.300. The molecule has 1 aromatic carbocycles. The van der Waals surface area contributed by atoms with Gasteiger partial charge in [0.05, 0.1) is 42.9 Å². The number of benzene rings is 1. The van der Waals surface area contributed by atoms with Crippen molar-refractivity contribution in [2.24, 2.45) is 5.92 Å². The van der Waals surface area contributed by atoms with Crippen LogP contribution in [0.4, 0.5) is 4.39 Å². The zero-order chi connectivity index (χ0) is 27.6. The first kappa shape index (κ1) is 27.6. The van der Waals surface area contributed by atoms with Crippen LogP contribution in [0.2, 0.25) is 0 Å². The van der Waals surface area contributed by atoms with Gasteiger partial charge >= 0.3 is 0 Å². The lowest BCUT2D eigenvalue weighted by Crippen LogP contribution is -2.30. The molecule has 5 rings (SSSR count). The average molecular weight is 527 g/mol. The number of hydrogen-bond donors (Lipinski definition) is 1.